The van der Waals surface area contributed by atoms with Gasteiger partial charge in [0.2, 0.25) is 0 Å². The number of nitrogens with zero attached hydrogens (tertiary/aromatic N) is 4. The van der Waals surface area contributed by atoms with Crippen molar-refractivity contribution in [1.82, 2.24) is 19.5 Å². The summed E-state index contributed by atoms with van der Waals surface area (Å²) < 4.78 is 5.05. The Morgan fingerprint density at radius 3 is 1.74 bits per heavy atom. The zero-order chi connectivity index (χ0) is 41.7. The van der Waals surface area contributed by atoms with Gasteiger partial charge in [0.05, 0.1) is 11.0 Å². The van der Waals surface area contributed by atoms with Crippen molar-refractivity contribution in [3.05, 3.63) is 181 Å². The van der Waals surface area contributed by atoms with Crippen molar-refractivity contribution in [2.45, 2.75) is 51.4 Å². The lowest BCUT2D eigenvalue weighted by Crippen LogP contribution is -2.33. The van der Waals surface area contributed by atoms with Gasteiger partial charge < -0.3 is 4.57 Å². The Morgan fingerprint density at radius 2 is 1.00 bits per heavy atom. The van der Waals surface area contributed by atoms with E-state index in [1.165, 1.54) is 82.5 Å². The molecule has 0 N–H and O–H groups in total. The molecule has 298 valence electrons. The summed E-state index contributed by atoms with van der Waals surface area (Å²) in [6.07, 6.45) is 2.37. The van der Waals surface area contributed by atoms with Crippen molar-refractivity contribution in [2.75, 3.05) is 0 Å². The van der Waals surface area contributed by atoms with E-state index in [9.17, 15) is 0 Å². The standard InChI is InChI=1S/C57H44N4S/c1-56(2)30-31-57(3,4)48-34-50-46(33-47(48)56)43-14-7-9-18-49(43)61(50)41-28-26-38(27-29-41)54-58-53(59-55(60-54)40-25-20-35-12-5-6-13-39(35)32-40)37-23-21-36(22-24-37)42-16-11-17-45-44-15-8-10-19-51(44)62-52(42)45/h5-29,32-34H,30-31H2,1-4H3. The van der Waals surface area contributed by atoms with Gasteiger partial charge in [-0.15, -0.1) is 11.3 Å². The third kappa shape index (κ3) is 5.90. The van der Waals surface area contributed by atoms with Gasteiger partial charge in [-0.25, -0.2) is 15.0 Å². The molecule has 4 nitrogen and oxygen atoms in total. The molecule has 0 amide bonds. The molecule has 8 aromatic carbocycles. The molecule has 1 aliphatic carbocycles. The van der Waals surface area contributed by atoms with Crippen LogP contribution in [0.5, 0.6) is 0 Å². The molecule has 3 aromatic heterocycles. The zero-order valence-electron chi connectivity index (χ0n) is 35.3. The third-order valence-corrected chi connectivity index (χ3v) is 14.8. The maximum absolute atomic E-state index is 5.19. The van der Waals surface area contributed by atoms with Crippen LogP contribution < -0.4 is 0 Å². The molecule has 0 bridgehead atoms. The van der Waals surface area contributed by atoms with Crippen LogP contribution in [-0.2, 0) is 10.8 Å². The highest BCUT2D eigenvalue weighted by atomic mass is 32.1. The molecule has 0 radical (unpaired) electrons. The molecule has 12 rings (SSSR count). The van der Waals surface area contributed by atoms with Crippen molar-refractivity contribution in [2.24, 2.45) is 0 Å². The molecule has 0 aliphatic heterocycles. The topological polar surface area (TPSA) is 43.6 Å². The number of rotatable bonds is 5. The summed E-state index contributed by atoms with van der Waals surface area (Å²) >= 11 is 1.85. The summed E-state index contributed by atoms with van der Waals surface area (Å²) in [7, 11) is 0. The number of fused-ring (bicyclic) bond motifs is 8. The molecule has 11 aromatic rings. The van der Waals surface area contributed by atoms with Gasteiger partial charge in [-0.1, -0.05) is 143 Å². The first kappa shape index (κ1) is 36.9. The van der Waals surface area contributed by atoms with Crippen molar-refractivity contribution >= 4 is 64.1 Å². The summed E-state index contributed by atoms with van der Waals surface area (Å²) in [5, 5.41) is 7.52. The Bertz CT molecular complexity index is 3570. The van der Waals surface area contributed by atoms with E-state index in [0.717, 1.165) is 27.8 Å². The van der Waals surface area contributed by atoms with Gasteiger partial charge in [-0.05, 0) is 111 Å². The fourth-order valence-corrected chi connectivity index (χ4v) is 11.2. The maximum Gasteiger partial charge on any atom is 0.164 e. The summed E-state index contributed by atoms with van der Waals surface area (Å²) in [6.45, 7) is 9.63. The van der Waals surface area contributed by atoms with Crippen LogP contribution in [0.4, 0.5) is 0 Å². The molecule has 0 fully saturated rings. The summed E-state index contributed by atoms with van der Waals surface area (Å²) in [6, 6.07) is 61.5. The monoisotopic (exact) mass is 816 g/mol. The molecular formula is C57H44N4S. The number of hydrogen-bond donors (Lipinski definition) is 0. The van der Waals surface area contributed by atoms with Crippen LogP contribution in [0.15, 0.2) is 170 Å². The molecule has 0 saturated carbocycles. The zero-order valence-corrected chi connectivity index (χ0v) is 36.1. The first-order valence-corrected chi connectivity index (χ1v) is 22.5. The van der Waals surface area contributed by atoms with E-state index in [4.69, 9.17) is 15.0 Å². The smallest absolute Gasteiger partial charge is 0.164 e. The average Bonchev–Trinajstić information content (AvgIpc) is 3.86. The van der Waals surface area contributed by atoms with Gasteiger partial charge in [0.1, 0.15) is 0 Å². The normalized spacial score (nSPS) is 14.6. The second-order valence-corrected chi connectivity index (χ2v) is 19.4. The van der Waals surface area contributed by atoms with Gasteiger partial charge in [-0.2, -0.15) is 0 Å². The van der Waals surface area contributed by atoms with Crippen molar-refractivity contribution < 1.29 is 0 Å². The van der Waals surface area contributed by atoms with Gasteiger partial charge in [0.25, 0.3) is 0 Å². The van der Waals surface area contributed by atoms with Crippen LogP contribution in [0.1, 0.15) is 51.7 Å². The first-order chi connectivity index (χ1) is 30.2. The first-order valence-electron chi connectivity index (χ1n) is 21.6. The Morgan fingerprint density at radius 1 is 0.435 bits per heavy atom. The molecule has 0 saturated heterocycles. The van der Waals surface area contributed by atoms with Gasteiger partial charge in [0, 0.05) is 53.3 Å². The van der Waals surface area contributed by atoms with E-state index < -0.39 is 0 Å². The highest BCUT2D eigenvalue weighted by Gasteiger charge is 2.38. The highest BCUT2D eigenvalue weighted by Crippen LogP contribution is 2.49. The van der Waals surface area contributed by atoms with E-state index in [-0.39, 0.29) is 10.8 Å². The predicted octanol–water partition coefficient (Wildman–Crippen LogP) is 15.5. The fourth-order valence-electron chi connectivity index (χ4n) is 9.93. The molecule has 5 heteroatoms. The molecule has 62 heavy (non-hydrogen) atoms. The Kier molecular flexibility index (Phi) is 8.20. The lowest BCUT2D eigenvalue weighted by Gasteiger charge is -2.42. The number of para-hydroxylation sites is 1. The Labute approximate surface area is 365 Å². The number of thiophene rings is 1. The van der Waals surface area contributed by atoms with Crippen molar-refractivity contribution in [1.29, 1.82) is 0 Å². The van der Waals surface area contributed by atoms with Crippen LogP contribution in [0.3, 0.4) is 0 Å². The second kappa shape index (κ2) is 13.8. The SMILES string of the molecule is CC1(C)CCC(C)(C)c2cc3c(cc21)c1ccccc1n3-c1ccc(-c2nc(-c3ccc(-c4cccc5c4sc4ccccc45)cc3)nc(-c3ccc4ccccc4c3)n2)cc1. The van der Waals surface area contributed by atoms with E-state index >= 15 is 0 Å². The molecular weight excluding hydrogens is 773 g/mol. The molecule has 0 spiro atoms. The van der Waals surface area contributed by atoms with Gasteiger partial charge >= 0.3 is 0 Å². The minimum absolute atomic E-state index is 0.108. The molecule has 1 aliphatic rings. The quantitative estimate of drug-likeness (QED) is 0.174. The Balaban J connectivity index is 0.974. The van der Waals surface area contributed by atoms with Crippen LogP contribution in [0.2, 0.25) is 0 Å². The van der Waals surface area contributed by atoms with Crippen molar-refractivity contribution in [3.63, 3.8) is 0 Å². The minimum Gasteiger partial charge on any atom is -0.309 e. The number of hydrogen-bond acceptors (Lipinski definition) is 4. The lowest BCUT2D eigenvalue weighted by molar-refractivity contribution is 0.332. The summed E-state index contributed by atoms with van der Waals surface area (Å²) in [5.74, 6) is 1.94. The van der Waals surface area contributed by atoms with Crippen molar-refractivity contribution in [3.8, 4) is 51.0 Å². The van der Waals surface area contributed by atoms with Crippen LogP contribution in [0, 0.1) is 0 Å². The fraction of sp³-hybridized carbons (Fsp3) is 0.140. The van der Waals surface area contributed by atoms with Crippen LogP contribution in [0.25, 0.3) is 104 Å². The summed E-state index contributed by atoms with van der Waals surface area (Å²) in [5.41, 5.74) is 12.0. The molecule has 3 heterocycles. The Hall–Kier alpha value is -6.95. The van der Waals surface area contributed by atoms with E-state index in [1.54, 1.807) is 0 Å². The second-order valence-electron chi connectivity index (χ2n) is 18.3. The average molecular weight is 817 g/mol. The number of aromatic nitrogens is 4. The molecule has 0 atom stereocenters. The van der Waals surface area contributed by atoms with Crippen LogP contribution in [-0.4, -0.2) is 19.5 Å². The highest BCUT2D eigenvalue weighted by molar-refractivity contribution is 7.26. The predicted molar refractivity (Wildman–Crippen MR) is 262 cm³/mol. The third-order valence-electron chi connectivity index (χ3n) is 13.5. The van der Waals surface area contributed by atoms with Gasteiger partial charge in [0.15, 0.2) is 17.5 Å². The largest absolute Gasteiger partial charge is 0.309 e. The lowest BCUT2D eigenvalue weighted by atomic mass is 9.63. The number of benzene rings is 8. The minimum atomic E-state index is 0.108. The van der Waals surface area contributed by atoms with Gasteiger partial charge in [-0.3, -0.25) is 0 Å². The van der Waals surface area contributed by atoms with Crippen LogP contribution >= 0.6 is 11.3 Å². The summed E-state index contributed by atoms with van der Waals surface area (Å²) in [4.78, 5) is 15.5. The van der Waals surface area contributed by atoms with E-state index in [0.29, 0.717) is 17.5 Å². The van der Waals surface area contributed by atoms with E-state index in [2.05, 4.69) is 202 Å². The maximum atomic E-state index is 5.19. The molecule has 0 unspecified atom stereocenters. The van der Waals surface area contributed by atoms with E-state index in [1.807, 2.05) is 11.3 Å².